The number of carbonyl (C=O) groups is 1. The standard InChI is InChI=1S/C22H26ClN5O2/c1-14-17(15(2)25-22(30)18(14)13-24)5-7-21(29)26-19-12-16(23)4-6-20(19)28-10-8-27(3)9-11-28/h4,6,12H,5,7-11H2,1-3H3,(H,25,30)(H,26,29). The topological polar surface area (TPSA) is 92.2 Å². The van der Waals surface area contributed by atoms with Crippen molar-refractivity contribution in [3.8, 4) is 6.07 Å². The number of aryl methyl sites for hydroxylation is 1. The number of carbonyl (C=O) groups excluding carboxylic acids is 1. The Hall–Kier alpha value is -2.82. The first-order chi connectivity index (χ1) is 14.3. The van der Waals surface area contributed by atoms with Crippen LogP contribution in [0.4, 0.5) is 11.4 Å². The molecule has 0 spiro atoms. The number of nitrogens with zero attached hydrogens (tertiary/aromatic N) is 3. The number of anilines is 2. The van der Waals surface area contributed by atoms with Gasteiger partial charge >= 0.3 is 0 Å². The second-order valence-electron chi connectivity index (χ2n) is 7.67. The molecule has 0 aliphatic carbocycles. The normalized spacial score (nSPS) is 14.4. The van der Waals surface area contributed by atoms with Crippen molar-refractivity contribution < 1.29 is 4.79 Å². The zero-order valence-electron chi connectivity index (χ0n) is 17.5. The zero-order valence-corrected chi connectivity index (χ0v) is 18.3. The molecule has 8 heteroatoms. The molecule has 0 atom stereocenters. The number of nitrogens with one attached hydrogen (secondary N) is 2. The van der Waals surface area contributed by atoms with E-state index in [0.29, 0.717) is 28.4 Å². The van der Waals surface area contributed by atoms with Crippen LogP contribution < -0.4 is 15.8 Å². The summed E-state index contributed by atoms with van der Waals surface area (Å²) < 4.78 is 0. The summed E-state index contributed by atoms with van der Waals surface area (Å²) in [6.07, 6.45) is 0.659. The molecule has 1 amide bonds. The lowest BCUT2D eigenvalue weighted by molar-refractivity contribution is -0.116. The van der Waals surface area contributed by atoms with Gasteiger partial charge in [-0.1, -0.05) is 11.6 Å². The number of H-pyrrole nitrogens is 1. The van der Waals surface area contributed by atoms with E-state index >= 15 is 0 Å². The second kappa shape index (κ2) is 9.33. The summed E-state index contributed by atoms with van der Waals surface area (Å²) in [5, 5.41) is 12.8. The number of aromatic nitrogens is 1. The highest BCUT2D eigenvalue weighted by atomic mass is 35.5. The minimum Gasteiger partial charge on any atom is -0.367 e. The molecule has 0 unspecified atom stereocenters. The lowest BCUT2D eigenvalue weighted by Crippen LogP contribution is -2.44. The van der Waals surface area contributed by atoms with Crippen LogP contribution in [0.2, 0.25) is 5.02 Å². The average molecular weight is 428 g/mol. The van der Waals surface area contributed by atoms with E-state index in [1.165, 1.54) is 0 Å². The van der Waals surface area contributed by atoms with Crippen LogP contribution in [0.15, 0.2) is 23.0 Å². The number of likely N-dealkylation sites (N-methyl/N-ethyl adjacent to an activating group) is 1. The number of nitriles is 1. The van der Waals surface area contributed by atoms with Crippen molar-refractivity contribution in [2.45, 2.75) is 26.7 Å². The predicted octanol–water partition coefficient (Wildman–Crippen LogP) is 2.84. The maximum absolute atomic E-state index is 12.7. The lowest BCUT2D eigenvalue weighted by Gasteiger charge is -2.35. The summed E-state index contributed by atoms with van der Waals surface area (Å²) in [5.41, 5.74) is 3.51. The maximum atomic E-state index is 12.7. The summed E-state index contributed by atoms with van der Waals surface area (Å²) in [7, 11) is 2.10. The van der Waals surface area contributed by atoms with Gasteiger partial charge in [-0.3, -0.25) is 9.59 Å². The van der Waals surface area contributed by atoms with Crippen LogP contribution in [0.25, 0.3) is 0 Å². The molecule has 0 saturated carbocycles. The third kappa shape index (κ3) is 4.84. The highest BCUT2D eigenvalue weighted by molar-refractivity contribution is 6.31. The minimum atomic E-state index is -0.392. The number of piperazine rings is 1. The van der Waals surface area contributed by atoms with Crippen LogP contribution in [0, 0.1) is 25.2 Å². The molecule has 2 N–H and O–H groups in total. The van der Waals surface area contributed by atoms with Crippen LogP contribution in [0.3, 0.4) is 0 Å². The SMILES string of the molecule is Cc1[nH]c(=O)c(C#N)c(C)c1CCC(=O)Nc1cc(Cl)ccc1N1CCN(C)CC1. The first-order valence-electron chi connectivity index (χ1n) is 9.95. The number of benzene rings is 1. The van der Waals surface area contributed by atoms with Crippen molar-refractivity contribution in [1.82, 2.24) is 9.88 Å². The first-order valence-corrected chi connectivity index (χ1v) is 10.3. The van der Waals surface area contributed by atoms with Gasteiger partial charge in [-0.15, -0.1) is 0 Å². The molecule has 30 heavy (non-hydrogen) atoms. The molecule has 1 aliphatic heterocycles. The van der Waals surface area contributed by atoms with E-state index in [4.69, 9.17) is 11.6 Å². The fourth-order valence-corrected chi connectivity index (χ4v) is 3.98. The fraction of sp³-hybridized carbons (Fsp3) is 0.409. The Morgan fingerprint density at radius 3 is 2.63 bits per heavy atom. The Kier molecular flexibility index (Phi) is 6.80. The lowest BCUT2D eigenvalue weighted by atomic mass is 9.99. The first kappa shape index (κ1) is 21.9. The predicted molar refractivity (Wildman–Crippen MR) is 119 cm³/mol. The summed E-state index contributed by atoms with van der Waals surface area (Å²) in [6, 6.07) is 7.50. The van der Waals surface area contributed by atoms with Crippen molar-refractivity contribution in [2.75, 3.05) is 43.4 Å². The fourth-order valence-electron chi connectivity index (χ4n) is 3.80. The molecule has 0 radical (unpaired) electrons. The van der Waals surface area contributed by atoms with Crippen LogP contribution in [-0.2, 0) is 11.2 Å². The van der Waals surface area contributed by atoms with E-state index in [2.05, 4.69) is 27.1 Å². The van der Waals surface area contributed by atoms with E-state index in [0.717, 1.165) is 37.4 Å². The molecule has 1 aromatic heterocycles. The van der Waals surface area contributed by atoms with Gasteiger partial charge in [0.1, 0.15) is 11.6 Å². The highest BCUT2D eigenvalue weighted by Crippen LogP contribution is 2.30. The Bertz CT molecular complexity index is 1050. The molecule has 7 nitrogen and oxygen atoms in total. The van der Waals surface area contributed by atoms with Gasteiger partial charge in [0.25, 0.3) is 5.56 Å². The number of rotatable bonds is 5. The Labute approximate surface area is 181 Å². The molecule has 158 valence electrons. The molecule has 0 bridgehead atoms. The molecule has 1 fully saturated rings. The summed E-state index contributed by atoms with van der Waals surface area (Å²) in [5.74, 6) is -0.142. The van der Waals surface area contributed by atoms with Gasteiger partial charge in [0, 0.05) is 43.3 Å². The number of hydrogen-bond donors (Lipinski definition) is 2. The van der Waals surface area contributed by atoms with Crippen molar-refractivity contribution in [2.24, 2.45) is 0 Å². The summed E-state index contributed by atoms with van der Waals surface area (Å²) in [6.45, 7) is 7.22. The van der Waals surface area contributed by atoms with Gasteiger partial charge in [0.2, 0.25) is 5.91 Å². The van der Waals surface area contributed by atoms with Crippen LogP contribution in [-0.4, -0.2) is 49.0 Å². The van der Waals surface area contributed by atoms with Gasteiger partial charge < -0.3 is 20.1 Å². The van der Waals surface area contributed by atoms with Gasteiger partial charge in [-0.25, -0.2) is 0 Å². The Morgan fingerprint density at radius 1 is 1.27 bits per heavy atom. The average Bonchev–Trinajstić information content (AvgIpc) is 2.69. The minimum absolute atomic E-state index is 0.100. The number of amides is 1. The van der Waals surface area contributed by atoms with Crippen molar-refractivity contribution in [3.05, 3.63) is 56.0 Å². The quantitative estimate of drug-likeness (QED) is 0.765. The molecule has 2 heterocycles. The number of pyridine rings is 1. The zero-order chi connectivity index (χ0) is 21.8. The molecular weight excluding hydrogens is 402 g/mol. The number of halogens is 1. The van der Waals surface area contributed by atoms with E-state index in [1.54, 1.807) is 19.9 Å². The molecule has 1 aromatic carbocycles. The van der Waals surface area contributed by atoms with Gasteiger partial charge in [-0.2, -0.15) is 5.26 Å². The van der Waals surface area contributed by atoms with Crippen LogP contribution >= 0.6 is 11.6 Å². The second-order valence-corrected chi connectivity index (χ2v) is 8.11. The Balaban J connectivity index is 1.74. The third-order valence-electron chi connectivity index (χ3n) is 5.60. The third-order valence-corrected chi connectivity index (χ3v) is 5.83. The van der Waals surface area contributed by atoms with E-state index in [1.807, 2.05) is 18.2 Å². The van der Waals surface area contributed by atoms with Crippen molar-refractivity contribution in [3.63, 3.8) is 0 Å². The van der Waals surface area contributed by atoms with E-state index in [-0.39, 0.29) is 17.9 Å². The van der Waals surface area contributed by atoms with E-state index < -0.39 is 5.56 Å². The van der Waals surface area contributed by atoms with Crippen molar-refractivity contribution >= 4 is 28.9 Å². The van der Waals surface area contributed by atoms with Gasteiger partial charge in [0.05, 0.1) is 11.4 Å². The van der Waals surface area contributed by atoms with E-state index in [9.17, 15) is 14.9 Å². The number of aromatic amines is 1. The highest BCUT2D eigenvalue weighted by Gasteiger charge is 2.19. The molecule has 2 aromatic rings. The van der Waals surface area contributed by atoms with Crippen LogP contribution in [0.1, 0.15) is 28.8 Å². The largest absolute Gasteiger partial charge is 0.367 e. The monoisotopic (exact) mass is 427 g/mol. The molecule has 3 rings (SSSR count). The van der Waals surface area contributed by atoms with Crippen molar-refractivity contribution in [1.29, 1.82) is 5.26 Å². The molecule has 1 aliphatic rings. The smallest absolute Gasteiger partial charge is 0.266 e. The van der Waals surface area contributed by atoms with Gasteiger partial charge in [0.15, 0.2) is 0 Å². The summed E-state index contributed by atoms with van der Waals surface area (Å²) >= 11 is 6.18. The van der Waals surface area contributed by atoms with Crippen LogP contribution in [0.5, 0.6) is 0 Å². The molecule has 1 saturated heterocycles. The maximum Gasteiger partial charge on any atom is 0.266 e. The number of hydrogen-bond acceptors (Lipinski definition) is 5. The van der Waals surface area contributed by atoms with Gasteiger partial charge in [-0.05, 0) is 56.6 Å². The Morgan fingerprint density at radius 2 is 1.97 bits per heavy atom. The summed E-state index contributed by atoms with van der Waals surface area (Å²) in [4.78, 5) is 31.8. The molecular formula is C22H26ClN5O2.